The van der Waals surface area contributed by atoms with Crippen LogP contribution in [0.4, 0.5) is 41.0 Å². The van der Waals surface area contributed by atoms with Gasteiger partial charge in [0.1, 0.15) is 5.60 Å². The van der Waals surface area contributed by atoms with Gasteiger partial charge in [-0.05, 0) is 63.6 Å². The Hall–Kier alpha value is -4.37. The fourth-order valence-electron chi connectivity index (χ4n) is 4.31. The van der Waals surface area contributed by atoms with Gasteiger partial charge in [0.15, 0.2) is 0 Å². The van der Waals surface area contributed by atoms with E-state index in [1.165, 1.54) is 45.9 Å². The number of rotatable bonds is 6. The Morgan fingerprint density at radius 3 is 2.25 bits per heavy atom. The van der Waals surface area contributed by atoms with Crippen molar-refractivity contribution in [3.63, 3.8) is 0 Å². The zero-order chi connectivity index (χ0) is 32.3. The largest absolute Gasteiger partial charge is 0.444 e. The third kappa shape index (κ3) is 8.17. The number of benzene rings is 2. The number of anilines is 4. The molecule has 2 aromatic carbocycles. The number of hydrogen-bond donors (Lipinski definition) is 3. The Kier molecular flexibility index (Phi) is 9.39. The lowest BCUT2D eigenvalue weighted by Gasteiger charge is -2.26. The molecule has 0 saturated carbocycles. The molecule has 236 valence electrons. The Morgan fingerprint density at radius 2 is 1.64 bits per heavy atom. The molecule has 0 spiro atoms. The van der Waals surface area contributed by atoms with Crippen LogP contribution >= 0.6 is 0 Å². The van der Waals surface area contributed by atoms with E-state index in [0.29, 0.717) is 24.2 Å². The second kappa shape index (κ2) is 12.7. The van der Waals surface area contributed by atoms with E-state index in [2.05, 4.69) is 15.3 Å². The minimum absolute atomic E-state index is 0.0255. The van der Waals surface area contributed by atoms with E-state index >= 15 is 0 Å². The second-order valence-corrected chi connectivity index (χ2v) is 13.1. The number of halogens is 3. The molecule has 1 aromatic heterocycles. The average Bonchev–Trinajstić information content (AvgIpc) is 3.21. The number of carbonyl (C=O) groups excluding carboxylic acids is 1. The highest BCUT2D eigenvalue weighted by Gasteiger charge is 2.32. The number of nitrogens with zero attached hydrogens (tertiary/aromatic N) is 4. The van der Waals surface area contributed by atoms with Crippen molar-refractivity contribution in [1.82, 2.24) is 19.2 Å². The first-order chi connectivity index (χ1) is 20.5. The molecule has 11 nitrogen and oxygen atoms in total. The van der Waals surface area contributed by atoms with Gasteiger partial charge in [0.05, 0.1) is 21.8 Å². The molecule has 1 saturated heterocycles. The third-order valence-corrected chi connectivity index (χ3v) is 8.47. The van der Waals surface area contributed by atoms with Crippen LogP contribution in [0.2, 0.25) is 0 Å². The highest BCUT2D eigenvalue weighted by molar-refractivity contribution is 7.89. The lowest BCUT2D eigenvalue weighted by atomic mass is 10.1. The molecule has 0 radical (unpaired) electrons. The predicted octanol–water partition coefficient (Wildman–Crippen LogP) is 5.21. The summed E-state index contributed by atoms with van der Waals surface area (Å²) in [4.78, 5) is 22.5. The van der Waals surface area contributed by atoms with Crippen LogP contribution in [0.15, 0.2) is 53.7 Å². The Labute approximate surface area is 253 Å². The Balaban J connectivity index is 1.38. The number of alkyl halides is 3. The number of hydrogen-bond acceptors (Lipinski definition) is 9. The van der Waals surface area contributed by atoms with Crippen LogP contribution in [0, 0.1) is 0 Å². The number of nitrogen functional groups attached to an aromatic ring is 2. The maximum atomic E-state index is 13.3. The van der Waals surface area contributed by atoms with Gasteiger partial charge in [0.25, 0.3) is 0 Å². The molecule has 1 aliphatic rings. The lowest BCUT2D eigenvalue weighted by molar-refractivity contribution is -0.137. The molecule has 1 fully saturated rings. The molecule has 1 aliphatic heterocycles. The van der Waals surface area contributed by atoms with E-state index in [1.54, 1.807) is 32.9 Å². The molecular formula is C29H34F3N7O4S. The summed E-state index contributed by atoms with van der Waals surface area (Å²) in [6, 6.07) is 7.79. The van der Waals surface area contributed by atoms with Crippen molar-refractivity contribution in [1.29, 1.82) is 0 Å². The Morgan fingerprint density at radius 1 is 0.977 bits per heavy atom. The van der Waals surface area contributed by atoms with Crippen LogP contribution in [0.3, 0.4) is 0 Å². The van der Waals surface area contributed by atoms with E-state index in [-0.39, 0.29) is 47.4 Å². The summed E-state index contributed by atoms with van der Waals surface area (Å²) in [5.74, 6) is 0.218. The van der Waals surface area contributed by atoms with Crippen LogP contribution in [-0.2, 0) is 20.9 Å². The van der Waals surface area contributed by atoms with Crippen molar-refractivity contribution in [2.24, 2.45) is 0 Å². The van der Waals surface area contributed by atoms with E-state index in [0.717, 1.165) is 12.1 Å². The molecule has 0 unspecified atom stereocenters. The zero-order valence-electron chi connectivity index (χ0n) is 24.4. The molecule has 0 bridgehead atoms. The normalized spacial score (nSPS) is 15.3. The number of amides is 1. The van der Waals surface area contributed by atoms with Crippen molar-refractivity contribution in [2.75, 3.05) is 43.0 Å². The molecule has 0 aliphatic carbocycles. The maximum absolute atomic E-state index is 13.3. The van der Waals surface area contributed by atoms with Gasteiger partial charge in [-0.1, -0.05) is 12.2 Å². The first kappa shape index (κ1) is 32.5. The van der Waals surface area contributed by atoms with E-state index < -0.39 is 33.5 Å². The first-order valence-corrected chi connectivity index (χ1v) is 15.1. The standard InChI is InChI=1S/C29H34F3N7O4S/c1-28(2,3)43-27(40)38-11-4-12-39(14-13-38)44(41,42)23-9-7-22(8-10-23)37-26-35-17-19(18-36-26)5-6-20-15-21(29(30,31)32)16-24(33)25(20)34/h5-10,15-18H,4,11-14,33-34H2,1-3H3,(H,35,36,37). The van der Waals surface area contributed by atoms with Gasteiger partial charge in [0.2, 0.25) is 16.0 Å². The molecular weight excluding hydrogens is 599 g/mol. The minimum atomic E-state index is -4.57. The summed E-state index contributed by atoms with van der Waals surface area (Å²) in [5, 5.41) is 2.98. The summed E-state index contributed by atoms with van der Waals surface area (Å²) in [6.45, 7) is 6.36. The molecule has 44 heavy (non-hydrogen) atoms. The number of nitrogens with two attached hydrogens (primary N) is 2. The number of carbonyl (C=O) groups is 1. The number of ether oxygens (including phenoxy) is 1. The van der Waals surface area contributed by atoms with Crippen molar-refractivity contribution < 1.29 is 31.1 Å². The molecule has 0 atom stereocenters. The van der Waals surface area contributed by atoms with Crippen molar-refractivity contribution in [3.05, 3.63) is 65.5 Å². The predicted molar refractivity (Wildman–Crippen MR) is 162 cm³/mol. The Bertz CT molecular complexity index is 1620. The van der Waals surface area contributed by atoms with Gasteiger partial charge in [-0.3, -0.25) is 0 Å². The molecule has 1 amide bonds. The van der Waals surface area contributed by atoms with Crippen molar-refractivity contribution >= 4 is 51.3 Å². The fraction of sp³-hybridized carbons (Fsp3) is 0.345. The number of aromatic nitrogens is 2. The quantitative estimate of drug-likeness (QED) is 0.310. The van der Waals surface area contributed by atoms with Crippen LogP contribution in [0.1, 0.15) is 43.9 Å². The third-order valence-electron chi connectivity index (χ3n) is 6.55. The molecule has 5 N–H and O–H groups in total. The monoisotopic (exact) mass is 633 g/mol. The molecule has 4 rings (SSSR count). The summed E-state index contributed by atoms with van der Waals surface area (Å²) in [5.41, 5.74) is 10.9. The minimum Gasteiger partial charge on any atom is -0.444 e. The van der Waals surface area contributed by atoms with E-state index in [9.17, 15) is 26.4 Å². The molecule has 15 heteroatoms. The highest BCUT2D eigenvalue weighted by atomic mass is 32.2. The first-order valence-electron chi connectivity index (χ1n) is 13.6. The van der Waals surface area contributed by atoms with Crippen molar-refractivity contribution in [2.45, 2.75) is 43.9 Å². The summed E-state index contributed by atoms with van der Waals surface area (Å²) < 4.78 is 72.7. The van der Waals surface area contributed by atoms with Gasteiger partial charge in [-0.15, -0.1) is 0 Å². The van der Waals surface area contributed by atoms with Crippen LogP contribution in [0.5, 0.6) is 0 Å². The van der Waals surface area contributed by atoms with Crippen LogP contribution in [-0.4, -0.2) is 65.5 Å². The second-order valence-electron chi connectivity index (χ2n) is 11.1. The average molecular weight is 634 g/mol. The van der Waals surface area contributed by atoms with Gasteiger partial charge < -0.3 is 26.4 Å². The van der Waals surface area contributed by atoms with Crippen molar-refractivity contribution in [3.8, 4) is 0 Å². The van der Waals surface area contributed by atoms with E-state index in [1.807, 2.05) is 0 Å². The summed E-state index contributed by atoms with van der Waals surface area (Å²) in [7, 11) is -3.80. The zero-order valence-corrected chi connectivity index (χ0v) is 25.2. The topological polar surface area (TPSA) is 157 Å². The van der Waals surface area contributed by atoms with Crippen LogP contribution < -0.4 is 16.8 Å². The highest BCUT2D eigenvalue weighted by Crippen LogP contribution is 2.35. The van der Waals surface area contributed by atoms with Gasteiger partial charge in [-0.25, -0.2) is 23.2 Å². The smallest absolute Gasteiger partial charge is 0.416 e. The maximum Gasteiger partial charge on any atom is 0.416 e. The fourth-order valence-corrected chi connectivity index (χ4v) is 5.78. The van der Waals surface area contributed by atoms with Crippen LogP contribution in [0.25, 0.3) is 12.2 Å². The van der Waals surface area contributed by atoms with E-state index in [4.69, 9.17) is 16.2 Å². The van der Waals surface area contributed by atoms with Gasteiger partial charge in [-0.2, -0.15) is 17.5 Å². The number of nitrogens with one attached hydrogen (secondary N) is 1. The lowest BCUT2D eigenvalue weighted by Crippen LogP contribution is -2.40. The van der Waals surface area contributed by atoms with Gasteiger partial charge >= 0.3 is 12.3 Å². The number of sulfonamides is 1. The van der Waals surface area contributed by atoms with Gasteiger partial charge in [0, 0.05) is 55.4 Å². The summed E-state index contributed by atoms with van der Waals surface area (Å²) in [6.07, 6.45) is 1.25. The summed E-state index contributed by atoms with van der Waals surface area (Å²) >= 11 is 0. The SMILES string of the molecule is CC(C)(C)OC(=O)N1CCCN(S(=O)(=O)c2ccc(Nc3ncc(C=Cc4cc(C(F)(F)F)cc(N)c4N)cn3)cc2)CC1. The molecule has 3 aromatic rings. The molecule has 2 heterocycles.